The van der Waals surface area contributed by atoms with Crippen molar-refractivity contribution in [1.82, 2.24) is 20.3 Å². The molecule has 2 fully saturated rings. The number of aliphatic hydroxyl groups excluding tert-OH is 1. The molecule has 1 saturated heterocycles. The number of fused-ring (bicyclic) bond motifs is 1. The number of hydrogen-bond donors (Lipinski definition) is 3. The van der Waals surface area contributed by atoms with E-state index in [2.05, 4.69) is 15.6 Å². The predicted octanol–water partition coefficient (Wildman–Crippen LogP) is 3.92. The average molecular weight is 420 g/mol. The number of hydrogen-bond acceptors (Lipinski definition) is 7. The van der Waals surface area contributed by atoms with E-state index in [9.17, 15) is 5.11 Å². The van der Waals surface area contributed by atoms with E-state index in [-0.39, 0.29) is 12.2 Å². The largest absolute Gasteiger partial charge is 0.474 e. The van der Waals surface area contributed by atoms with E-state index in [4.69, 9.17) is 14.7 Å². The lowest BCUT2D eigenvalue weighted by Gasteiger charge is -2.27. The third-order valence-corrected chi connectivity index (χ3v) is 6.34. The highest BCUT2D eigenvalue weighted by Gasteiger charge is 2.25. The number of aromatic nitrogens is 3. The van der Waals surface area contributed by atoms with Crippen LogP contribution in [-0.4, -0.2) is 45.4 Å². The van der Waals surface area contributed by atoms with Crippen molar-refractivity contribution in [3.05, 3.63) is 48.3 Å². The van der Waals surface area contributed by atoms with Crippen LogP contribution in [0.2, 0.25) is 0 Å². The lowest BCUT2D eigenvalue weighted by Crippen LogP contribution is -2.34. The zero-order chi connectivity index (χ0) is 21.0. The first kappa shape index (κ1) is 20.2. The van der Waals surface area contributed by atoms with E-state index < -0.39 is 0 Å². The fourth-order valence-electron chi connectivity index (χ4n) is 4.58. The second kappa shape index (κ2) is 9.16. The fraction of sp³-hybridized carbons (Fsp3) is 0.458. The first-order valence-electron chi connectivity index (χ1n) is 11.3. The minimum Gasteiger partial charge on any atom is -0.474 e. The lowest BCUT2D eigenvalue weighted by atomic mass is 9.83. The molecular formula is C24H29N5O2. The number of para-hydroxylation sites is 1. The summed E-state index contributed by atoms with van der Waals surface area (Å²) in [6.07, 6.45) is 9.20. The van der Waals surface area contributed by atoms with Gasteiger partial charge >= 0.3 is 0 Å². The van der Waals surface area contributed by atoms with Gasteiger partial charge in [0.05, 0.1) is 17.0 Å². The molecule has 0 atom stereocenters. The number of nitrogens with one attached hydrogen (secondary N) is 2. The number of aliphatic hydroxyl groups is 1. The van der Waals surface area contributed by atoms with Crippen molar-refractivity contribution in [2.75, 3.05) is 18.4 Å². The molecule has 0 bridgehead atoms. The lowest BCUT2D eigenvalue weighted by molar-refractivity contribution is 0.122. The summed E-state index contributed by atoms with van der Waals surface area (Å²) in [4.78, 5) is 14.2. The van der Waals surface area contributed by atoms with Crippen molar-refractivity contribution in [1.29, 1.82) is 0 Å². The first-order valence-corrected chi connectivity index (χ1v) is 11.3. The molecule has 7 nitrogen and oxygen atoms in total. The smallest absolute Gasteiger partial charge is 0.227 e. The Balaban J connectivity index is 1.51. The van der Waals surface area contributed by atoms with Crippen molar-refractivity contribution in [2.24, 2.45) is 0 Å². The molecule has 3 aromatic rings. The Morgan fingerprint density at radius 2 is 1.71 bits per heavy atom. The summed E-state index contributed by atoms with van der Waals surface area (Å²) in [5.74, 6) is 1.52. The zero-order valence-corrected chi connectivity index (χ0v) is 17.6. The molecule has 31 heavy (non-hydrogen) atoms. The van der Waals surface area contributed by atoms with Crippen LogP contribution in [0.15, 0.2) is 42.7 Å². The average Bonchev–Trinajstić information content (AvgIpc) is 2.81. The molecule has 1 aliphatic heterocycles. The van der Waals surface area contributed by atoms with E-state index in [1.54, 1.807) is 0 Å². The maximum absolute atomic E-state index is 9.95. The van der Waals surface area contributed by atoms with E-state index in [1.165, 1.54) is 0 Å². The normalized spacial score (nSPS) is 22.4. The van der Waals surface area contributed by atoms with Gasteiger partial charge in [-0.3, -0.25) is 0 Å². The summed E-state index contributed by atoms with van der Waals surface area (Å²) < 4.78 is 6.29. The quantitative estimate of drug-likeness (QED) is 0.577. The van der Waals surface area contributed by atoms with Gasteiger partial charge in [-0.15, -0.1) is 0 Å². The van der Waals surface area contributed by atoms with Gasteiger partial charge in [0.1, 0.15) is 6.10 Å². The second-order valence-electron chi connectivity index (χ2n) is 8.54. The molecule has 0 amide bonds. The molecule has 1 saturated carbocycles. The molecule has 162 valence electrons. The Morgan fingerprint density at radius 1 is 0.935 bits per heavy atom. The Bertz CT molecular complexity index is 1020. The molecule has 7 heteroatoms. The van der Waals surface area contributed by atoms with Crippen LogP contribution in [0.3, 0.4) is 0 Å². The van der Waals surface area contributed by atoms with Crippen molar-refractivity contribution >= 4 is 22.5 Å². The third kappa shape index (κ3) is 4.62. The third-order valence-electron chi connectivity index (χ3n) is 6.34. The van der Waals surface area contributed by atoms with E-state index in [0.717, 1.165) is 73.8 Å². The van der Waals surface area contributed by atoms with Gasteiger partial charge in [-0.25, -0.2) is 15.0 Å². The Morgan fingerprint density at radius 3 is 2.48 bits per heavy atom. The summed E-state index contributed by atoms with van der Waals surface area (Å²) >= 11 is 0. The number of pyridine rings is 1. The van der Waals surface area contributed by atoms with Crippen LogP contribution in [0.1, 0.15) is 50.0 Å². The van der Waals surface area contributed by atoms with Gasteiger partial charge in [-0.2, -0.15) is 0 Å². The minimum atomic E-state index is -0.192. The molecule has 1 aliphatic carbocycles. The van der Waals surface area contributed by atoms with Gasteiger partial charge in [-0.1, -0.05) is 18.2 Å². The fourth-order valence-corrected chi connectivity index (χ4v) is 4.58. The van der Waals surface area contributed by atoms with E-state index >= 15 is 0 Å². The summed E-state index contributed by atoms with van der Waals surface area (Å²) in [7, 11) is 0. The van der Waals surface area contributed by atoms with E-state index in [0.29, 0.717) is 17.7 Å². The number of benzene rings is 1. The van der Waals surface area contributed by atoms with Crippen LogP contribution in [0.5, 0.6) is 5.88 Å². The van der Waals surface area contributed by atoms with Crippen molar-refractivity contribution in [2.45, 2.75) is 56.7 Å². The summed E-state index contributed by atoms with van der Waals surface area (Å²) in [6, 6.07) is 9.94. The van der Waals surface area contributed by atoms with Crippen molar-refractivity contribution < 1.29 is 9.84 Å². The second-order valence-corrected chi connectivity index (χ2v) is 8.54. The molecule has 0 radical (unpaired) electrons. The number of piperidine rings is 1. The van der Waals surface area contributed by atoms with Gasteiger partial charge in [-0.05, 0) is 69.7 Å². The molecule has 3 heterocycles. The predicted molar refractivity (Wildman–Crippen MR) is 121 cm³/mol. The maximum Gasteiger partial charge on any atom is 0.227 e. The first-order chi connectivity index (χ1) is 15.3. The summed E-state index contributed by atoms with van der Waals surface area (Å²) in [5, 5.41) is 17.5. The zero-order valence-electron chi connectivity index (χ0n) is 17.6. The van der Waals surface area contributed by atoms with Crippen LogP contribution in [0.4, 0.5) is 11.6 Å². The number of rotatable bonds is 5. The number of anilines is 2. The van der Waals surface area contributed by atoms with Crippen LogP contribution >= 0.6 is 0 Å². The van der Waals surface area contributed by atoms with Crippen molar-refractivity contribution in [3.63, 3.8) is 0 Å². The highest BCUT2D eigenvalue weighted by Crippen LogP contribution is 2.38. The highest BCUT2D eigenvalue weighted by atomic mass is 16.5. The van der Waals surface area contributed by atoms with Crippen molar-refractivity contribution in [3.8, 4) is 5.88 Å². The molecular weight excluding hydrogens is 390 g/mol. The standard InChI is InChI=1S/C24H29N5O2/c30-18-8-6-16(7-9-18)20-14-26-23(31-19-10-12-25-13-11-19)21-15-27-24(29-22(20)21)28-17-4-2-1-3-5-17/h1-5,14-16,18-19,25,30H,6-13H2,(H,27,28,29). The maximum atomic E-state index is 9.95. The Hall–Kier alpha value is -2.77. The van der Waals surface area contributed by atoms with Gasteiger partial charge in [0.25, 0.3) is 0 Å². The van der Waals surface area contributed by atoms with Crippen LogP contribution in [0, 0.1) is 0 Å². The topological polar surface area (TPSA) is 92.2 Å². The molecule has 1 aromatic carbocycles. The molecule has 2 aliphatic rings. The Kier molecular flexibility index (Phi) is 5.95. The highest BCUT2D eigenvalue weighted by molar-refractivity contribution is 5.87. The number of ether oxygens (including phenoxy) is 1. The Labute approximate surface area is 182 Å². The van der Waals surface area contributed by atoms with Gasteiger partial charge < -0.3 is 20.5 Å². The van der Waals surface area contributed by atoms with E-state index in [1.807, 2.05) is 42.7 Å². The summed E-state index contributed by atoms with van der Waals surface area (Å²) in [6.45, 7) is 1.93. The van der Waals surface area contributed by atoms with Gasteiger partial charge in [0.15, 0.2) is 0 Å². The molecule has 5 rings (SSSR count). The minimum absolute atomic E-state index is 0.162. The molecule has 0 spiro atoms. The van der Waals surface area contributed by atoms with Crippen LogP contribution in [0.25, 0.3) is 10.9 Å². The van der Waals surface area contributed by atoms with Crippen LogP contribution in [-0.2, 0) is 0 Å². The summed E-state index contributed by atoms with van der Waals surface area (Å²) in [5.41, 5.74) is 2.97. The number of nitrogens with zero attached hydrogens (tertiary/aromatic N) is 3. The van der Waals surface area contributed by atoms with Gasteiger partial charge in [0.2, 0.25) is 11.8 Å². The molecule has 3 N–H and O–H groups in total. The van der Waals surface area contributed by atoms with Crippen LogP contribution < -0.4 is 15.4 Å². The monoisotopic (exact) mass is 419 g/mol. The SMILES string of the molecule is OC1CCC(c2cnc(OC3CCNCC3)c3cnc(Nc4ccccc4)nc23)CC1. The molecule has 2 aromatic heterocycles. The van der Waals surface area contributed by atoms with Gasteiger partial charge in [0, 0.05) is 23.6 Å². The molecule has 0 unspecified atom stereocenters.